The molecule has 1 saturated carbocycles. The predicted octanol–water partition coefficient (Wildman–Crippen LogP) is 2.07. The minimum atomic E-state index is -0.577. The molecule has 0 atom stereocenters. The minimum absolute atomic E-state index is 0. The minimum Gasteiger partial charge on any atom is -0.495 e. The molecule has 0 unspecified atom stereocenters. The molecule has 23 heavy (non-hydrogen) atoms. The smallest absolute Gasteiger partial charge is 0.242 e. The number of halogens is 2. The first-order valence-electron chi connectivity index (χ1n) is 7.60. The van der Waals surface area contributed by atoms with Crippen LogP contribution in [0, 0.1) is 0 Å². The van der Waals surface area contributed by atoms with Crippen LogP contribution in [0.4, 0.5) is 5.69 Å². The summed E-state index contributed by atoms with van der Waals surface area (Å²) in [5.41, 5.74) is 6.66. The lowest BCUT2D eigenvalue weighted by Gasteiger charge is -2.43. The number of hydrogen-bond donors (Lipinski definition) is 1. The van der Waals surface area contributed by atoms with E-state index in [0.717, 1.165) is 56.9 Å². The van der Waals surface area contributed by atoms with Crippen molar-refractivity contribution >= 4 is 36.4 Å². The second kappa shape index (κ2) is 8.08. The Balaban J connectivity index is 0.00000132. The molecule has 1 aromatic rings. The van der Waals surface area contributed by atoms with Crippen LogP contribution in [0.15, 0.2) is 24.3 Å². The van der Waals surface area contributed by atoms with Crippen LogP contribution in [-0.4, -0.2) is 49.6 Å². The van der Waals surface area contributed by atoms with Crippen molar-refractivity contribution in [2.45, 2.75) is 24.8 Å². The lowest BCUT2D eigenvalue weighted by atomic mass is 9.76. The van der Waals surface area contributed by atoms with E-state index in [0.29, 0.717) is 0 Å². The van der Waals surface area contributed by atoms with Crippen LogP contribution in [0.3, 0.4) is 0 Å². The van der Waals surface area contributed by atoms with Gasteiger partial charge < -0.3 is 20.3 Å². The number of ether oxygens (including phenoxy) is 1. The van der Waals surface area contributed by atoms with Gasteiger partial charge in [0.05, 0.1) is 18.3 Å². The number of hydrogen-bond acceptors (Lipinski definition) is 4. The van der Waals surface area contributed by atoms with Crippen LogP contribution in [0.25, 0.3) is 0 Å². The standard InChI is InChI=1S/C16H23N3O2.2ClH/c1-21-14-6-3-2-5-13(14)18-9-11-19(12-10-18)15(20)16(17)7-4-8-16;;/h2-3,5-6H,4,7-12,17H2,1H3;2*1H. The van der Waals surface area contributed by atoms with E-state index in [1.54, 1.807) is 7.11 Å². The number of para-hydroxylation sites is 2. The molecule has 5 nitrogen and oxygen atoms in total. The van der Waals surface area contributed by atoms with Crippen LogP contribution >= 0.6 is 24.8 Å². The maximum atomic E-state index is 12.4. The average Bonchev–Trinajstić information content (AvgIpc) is 2.52. The summed E-state index contributed by atoms with van der Waals surface area (Å²) in [4.78, 5) is 16.6. The molecule has 1 heterocycles. The van der Waals surface area contributed by atoms with E-state index in [2.05, 4.69) is 11.0 Å². The van der Waals surface area contributed by atoms with Crippen molar-refractivity contribution in [3.8, 4) is 5.75 Å². The number of methoxy groups -OCH3 is 1. The predicted molar refractivity (Wildman–Crippen MR) is 97.1 cm³/mol. The van der Waals surface area contributed by atoms with E-state index in [9.17, 15) is 4.79 Å². The number of amides is 1. The molecule has 7 heteroatoms. The number of benzene rings is 1. The fraction of sp³-hybridized carbons (Fsp3) is 0.562. The van der Waals surface area contributed by atoms with Gasteiger partial charge in [-0.05, 0) is 31.4 Å². The largest absolute Gasteiger partial charge is 0.495 e. The van der Waals surface area contributed by atoms with Gasteiger partial charge in [-0.3, -0.25) is 4.79 Å². The molecule has 1 aromatic carbocycles. The van der Waals surface area contributed by atoms with E-state index < -0.39 is 5.54 Å². The molecule has 0 bridgehead atoms. The van der Waals surface area contributed by atoms with Crippen LogP contribution in [0.5, 0.6) is 5.75 Å². The highest BCUT2D eigenvalue weighted by molar-refractivity contribution is 5.87. The fourth-order valence-electron chi connectivity index (χ4n) is 3.13. The zero-order valence-corrected chi connectivity index (χ0v) is 15.0. The van der Waals surface area contributed by atoms with Crippen LogP contribution in [0.1, 0.15) is 19.3 Å². The van der Waals surface area contributed by atoms with Gasteiger partial charge in [0.1, 0.15) is 5.75 Å². The first-order valence-corrected chi connectivity index (χ1v) is 7.60. The number of carbonyl (C=O) groups excluding carboxylic acids is 1. The van der Waals surface area contributed by atoms with Gasteiger partial charge in [-0.2, -0.15) is 0 Å². The van der Waals surface area contributed by atoms with Gasteiger partial charge in [-0.1, -0.05) is 12.1 Å². The van der Waals surface area contributed by atoms with E-state index >= 15 is 0 Å². The Hall–Kier alpha value is -1.17. The molecule has 3 rings (SSSR count). The Morgan fingerprint density at radius 3 is 2.26 bits per heavy atom. The monoisotopic (exact) mass is 361 g/mol. The van der Waals surface area contributed by atoms with Gasteiger partial charge >= 0.3 is 0 Å². The van der Waals surface area contributed by atoms with Gasteiger partial charge in [-0.15, -0.1) is 24.8 Å². The number of carbonyl (C=O) groups is 1. The first kappa shape index (κ1) is 19.9. The second-order valence-corrected chi connectivity index (χ2v) is 5.96. The normalized spacial score (nSPS) is 19.0. The maximum absolute atomic E-state index is 12.4. The molecule has 0 radical (unpaired) electrons. The zero-order valence-electron chi connectivity index (χ0n) is 13.4. The Bertz CT molecular complexity index is 530. The van der Waals surface area contributed by atoms with Crippen LogP contribution < -0.4 is 15.4 Å². The molecular weight excluding hydrogens is 337 g/mol. The van der Waals surface area contributed by atoms with Crippen molar-refractivity contribution in [1.29, 1.82) is 0 Å². The second-order valence-electron chi connectivity index (χ2n) is 5.96. The summed E-state index contributed by atoms with van der Waals surface area (Å²) in [6.07, 6.45) is 2.74. The van der Waals surface area contributed by atoms with E-state index in [-0.39, 0.29) is 30.7 Å². The Morgan fingerprint density at radius 1 is 1.13 bits per heavy atom. The molecule has 2 aliphatic rings. The average molecular weight is 362 g/mol. The van der Waals surface area contributed by atoms with Crippen LogP contribution in [0.2, 0.25) is 0 Å². The molecule has 1 aliphatic heterocycles. The quantitative estimate of drug-likeness (QED) is 0.895. The molecule has 130 valence electrons. The van der Waals surface area contributed by atoms with E-state index in [4.69, 9.17) is 10.5 Å². The van der Waals surface area contributed by atoms with Crippen molar-refractivity contribution < 1.29 is 9.53 Å². The third kappa shape index (κ3) is 3.84. The highest BCUT2D eigenvalue weighted by Gasteiger charge is 2.43. The van der Waals surface area contributed by atoms with Crippen molar-refractivity contribution in [3.05, 3.63) is 24.3 Å². The summed E-state index contributed by atoms with van der Waals surface area (Å²) in [5, 5.41) is 0. The van der Waals surface area contributed by atoms with E-state index in [1.807, 2.05) is 23.1 Å². The van der Waals surface area contributed by atoms with Crippen molar-refractivity contribution in [1.82, 2.24) is 4.90 Å². The third-order valence-electron chi connectivity index (χ3n) is 4.66. The molecule has 1 amide bonds. The molecule has 0 spiro atoms. The van der Waals surface area contributed by atoms with Gasteiger partial charge in [0.2, 0.25) is 5.91 Å². The Labute approximate surface area is 150 Å². The molecular formula is C16H25Cl2N3O2. The molecule has 1 saturated heterocycles. The molecule has 0 aromatic heterocycles. The summed E-state index contributed by atoms with van der Waals surface area (Å²) < 4.78 is 5.41. The number of rotatable bonds is 3. The SMILES string of the molecule is COc1ccccc1N1CCN(C(=O)C2(N)CCC2)CC1.Cl.Cl. The lowest BCUT2D eigenvalue weighted by Crippen LogP contribution is -2.62. The highest BCUT2D eigenvalue weighted by Crippen LogP contribution is 2.32. The number of nitrogens with two attached hydrogens (primary N) is 1. The van der Waals surface area contributed by atoms with Crippen LogP contribution in [-0.2, 0) is 4.79 Å². The number of nitrogens with zero attached hydrogens (tertiary/aromatic N) is 2. The van der Waals surface area contributed by atoms with Gasteiger partial charge in [0.15, 0.2) is 0 Å². The summed E-state index contributed by atoms with van der Waals surface area (Å²) in [6, 6.07) is 8.01. The molecule has 2 N–H and O–H groups in total. The fourth-order valence-corrected chi connectivity index (χ4v) is 3.13. The zero-order chi connectivity index (χ0) is 14.9. The first-order chi connectivity index (χ1) is 10.1. The molecule has 2 fully saturated rings. The lowest BCUT2D eigenvalue weighted by molar-refractivity contribution is -0.140. The summed E-state index contributed by atoms with van der Waals surface area (Å²) in [7, 11) is 1.69. The summed E-state index contributed by atoms with van der Waals surface area (Å²) in [5.74, 6) is 1.01. The number of piperazine rings is 1. The third-order valence-corrected chi connectivity index (χ3v) is 4.66. The topological polar surface area (TPSA) is 58.8 Å². The van der Waals surface area contributed by atoms with Crippen molar-refractivity contribution in [3.63, 3.8) is 0 Å². The van der Waals surface area contributed by atoms with Crippen molar-refractivity contribution in [2.75, 3.05) is 38.2 Å². The summed E-state index contributed by atoms with van der Waals surface area (Å²) in [6.45, 7) is 3.11. The maximum Gasteiger partial charge on any atom is 0.242 e. The molecule has 1 aliphatic carbocycles. The highest BCUT2D eigenvalue weighted by atomic mass is 35.5. The Kier molecular flexibility index (Phi) is 6.99. The van der Waals surface area contributed by atoms with Gasteiger partial charge in [-0.25, -0.2) is 0 Å². The number of anilines is 1. The Morgan fingerprint density at radius 2 is 1.74 bits per heavy atom. The van der Waals surface area contributed by atoms with Gasteiger partial charge in [0.25, 0.3) is 0 Å². The van der Waals surface area contributed by atoms with E-state index in [1.165, 1.54) is 0 Å². The summed E-state index contributed by atoms with van der Waals surface area (Å²) >= 11 is 0. The van der Waals surface area contributed by atoms with Crippen molar-refractivity contribution in [2.24, 2.45) is 5.73 Å². The van der Waals surface area contributed by atoms with Gasteiger partial charge in [0, 0.05) is 26.2 Å².